The lowest BCUT2D eigenvalue weighted by atomic mass is 9.84. The summed E-state index contributed by atoms with van der Waals surface area (Å²) in [5, 5.41) is 7.83. The fourth-order valence-corrected chi connectivity index (χ4v) is 2.55. The summed E-state index contributed by atoms with van der Waals surface area (Å²) in [6.07, 6.45) is 1.21. The number of amides is 1. The predicted octanol–water partition coefficient (Wildman–Crippen LogP) is 1.76. The zero-order valence-electron chi connectivity index (χ0n) is 10.9. The van der Waals surface area contributed by atoms with Gasteiger partial charge in [0.25, 0.3) is 5.91 Å². The number of carbonyl (C=O) groups is 1. The second kappa shape index (κ2) is 5.22. The summed E-state index contributed by atoms with van der Waals surface area (Å²) in [6, 6.07) is 0. The zero-order chi connectivity index (χ0) is 14.0. The van der Waals surface area contributed by atoms with Gasteiger partial charge < -0.3 is 5.73 Å². The number of nitrogens with two attached hydrogens (primary N) is 1. The van der Waals surface area contributed by atoms with E-state index in [1.54, 1.807) is 0 Å². The Kier molecular flexibility index (Phi) is 3.82. The van der Waals surface area contributed by atoms with Gasteiger partial charge in [0.1, 0.15) is 5.69 Å². The molecule has 106 valence electrons. The van der Waals surface area contributed by atoms with Crippen LogP contribution in [-0.4, -0.2) is 26.8 Å². The van der Waals surface area contributed by atoms with Gasteiger partial charge in [0.05, 0.1) is 5.69 Å². The molecule has 0 atom stereocenters. The molecule has 1 aliphatic carbocycles. The Labute approximate surface area is 110 Å². The highest BCUT2D eigenvalue weighted by atomic mass is 19.3. The van der Waals surface area contributed by atoms with Crippen molar-refractivity contribution in [2.75, 3.05) is 0 Å². The lowest BCUT2D eigenvalue weighted by Crippen LogP contribution is -2.26. The van der Waals surface area contributed by atoms with Gasteiger partial charge in [0.15, 0.2) is 0 Å². The SMILES string of the molecule is CCn1nnc(CC2CCC(F)(F)CC2)c1C(N)=O. The summed E-state index contributed by atoms with van der Waals surface area (Å²) in [7, 11) is 0. The minimum absolute atomic E-state index is 0.0918. The summed E-state index contributed by atoms with van der Waals surface area (Å²) < 4.78 is 27.6. The molecule has 0 saturated heterocycles. The van der Waals surface area contributed by atoms with Crippen molar-refractivity contribution in [3.05, 3.63) is 11.4 Å². The molecule has 2 N–H and O–H groups in total. The normalized spacial score (nSPS) is 19.5. The maximum absolute atomic E-state index is 13.1. The van der Waals surface area contributed by atoms with Crippen LogP contribution in [0, 0.1) is 5.92 Å². The average molecular weight is 272 g/mol. The first-order valence-electron chi connectivity index (χ1n) is 6.53. The van der Waals surface area contributed by atoms with E-state index in [1.165, 1.54) is 4.68 Å². The quantitative estimate of drug-likeness (QED) is 0.907. The van der Waals surface area contributed by atoms with Gasteiger partial charge in [-0.25, -0.2) is 13.5 Å². The van der Waals surface area contributed by atoms with E-state index in [4.69, 9.17) is 5.73 Å². The lowest BCUT2D eigenvalue weighted by molar-refractivity contribution is -0.0457. The van der Waals surface area contributed by atoms with Crippen LogP contribution in [0.5, 0.6) is 0 Å². The summed E-state index contributed by atoms with van der Waals surface area (Å²) >= 11 is 0. The zero-order valence-corrected chi connectivity index (χ0v) is 10.9. The first-order chi connectivity index (χ1) is 8.93. The van der Waals surface area contributed by atoms with Gasteiger partial charge >= 0.3 is 0 Å². The summed E-state index contributed by atoms with van der Waals surface area (Å²) in [6.45, 7) is 2.35. The predicted molar refractivity (Wildman–Crippen MR) is 64.8 cm³/mol. The molecule has 1 aromatic heterocycles. The monoisotopic (exact) mass is 272 g/mol. The van der Waals surface area contributed by atoms with E-state index in [0.717, 1.165) is 0 Å². The molecule has 19 heavy (non-hydrogen) atoms. The van der Waals surface area contributed by atoms with Crippen molar-refractivity contribution in [2.24, 2.45) is 11.7 Å². The van der Waals surface area contributed by atoms with Crippen LogP contribution in [0.3, 0.4) is 0 Å². The van der Waals surface area contributed by atoms with Crippen LogP contribution >= 0.6 is 0 Å². The van der Waals surface area contributed by atoms with E-state index in [0.29, 0.717) is 37.2 Å². The molecule has 1 aliphatic rings. The Morgan fingerprint density at radius 3 is 2.63 bits per heavy atom. The molecule has 1 fully saturated rings. The summed E-state index contributed by atoms with van der Waals surface area (Å²) in [5.74, 6) is -2.98. The van der Waals surface area contributed by atoms with E-state index < -0.39 is 11.8 Å². The molecule has 2 rings (SSSR count). The van der Waals surface area contributed by atoms with Crippen molar-refractivity contribution < 1.29 is 13.6 Å². The van der Waals surface area contributed by atoms with Crippen LogP contribution in [-0.2, 0) is 13.0 Å². The minimum atomic E-state index is -2.54. The highest BCUT2D eigenvalue weighted by Gasteiger charge is 2.35. The number of hydrogen-bond donors (Lipinski definition) is 1. The minimum Gasteiger partial charge on any atom is -0.364 e. The Morgan fingerprint density at radius 2 is 2.11 bits per heavy atom. The van der Waals surface area contributed by atoms with Gasteiger partial charge in [-0.2, -0.15) is 0 Å². The third-order valence-electron chi connectivity index (χ3n) is 3.66. The molecule has 0 aliphatic heterocycles. The molecule has 0 radical (unpaired) electrons. The lowest BCUT2D eigenvalue weighted by Gasteiger charge is -2.27. The summed E-state index contributed by atoms with van der Waals surface area (Å²) in [4.78, 5) is 11.4. The van der Waals surface area contributed by atoms with E-state index in [1.807, 2.05) is 6.92 Å². The number of nitrogens with zero attached hydrogens (tertiary/aromatic N) is 3. The van der Waals surface area contributed by atoms with Gasteiger partial charge in [0, 0.05) is 19.4 Å². The number of hydrogen-bond acceptors (Lipinski definition) is 3. The molecule has 0 spiro atoms. The molecule has 1 saturated carbocycles. The molecule has 7 heteroatoms. The number of carbonyl (C=O) groups excluding carboxylic acids is 1. The van der Waals surface area contributed by atoms with E-state index in [-0.39, 0.29) is 18.8 Å². The van der Waals surface area contributed by atoms with Crippen LogP contribution in [0.2, 0.25) is 0 Å². The van der Waals surface area contributed by atoms with E-state index >= 15 is 0 Å². The second-order valence-corrected chi connectivity index (χ2v) is 5.07. The van der Waals surface area contributed by atoms with Gasteiger partial charge in [-0.15, -0.1) is 5.10 Å². The van der Waals surface area contributed by atoms with Crippen LogP contribution in [0.4, 0.5) is 8.78 Å². The fourth-order valence-electron chi connectivity index (χ4n) is 2.55. The molecule has 1 heterocycles. The number of aromatic nitrogens is 3. The molecular formula is C12H18F2N4O. The summed E-state index contributed by atoms with van der Waals surface area (Å²) in [5.41, 5.74) is 6.16. The smallest absolute Gasteiger partial charge is 0.268 e. The highest BCUT2D eigenvalue weighted by Crippen LogP contribution is 2.37. The highest BCUT2D eigenvalue weighted by molar-refractivity contribution is 5.92. The molecule has 5 nitrogen and oxygen atoms in total. The maximum atomic E-state index is 13.1. The standard InChI is InChI=1S/C12H18F2N4O/c1-2-18-10(11(15)19)9(16-17-18)7-8-3-5-12(13,14)6-4-8/h8H,2-7H2,1H3,(H2,15,19). The Balaban J connectivity index is 2.08. The number of halogens is 2. The third-order valence-corrected chi connectivity index (χ3v) is 3.66. The molecule has 1 aromatic rings. The number of primary amides is 1. The van der Waals surface area contributed by atoms with Crippen LogP contribution in [0.15, 0.2) is 0 Å². The maximum Gasteiger partial charge on any atom is 0.268 e. The Bertz CT molecular complexity index is 462. The molecule has 0 unspecified atom stereocenters. The van der Waals surface area contributed by atoms with Gasteiger partial charge in [0.2, 0.25) is 5.92 Å². The largest absolute Gasteiger partial charge is 0.364 e. The van der Waals surface area contributed by atoms with Crippen molar-refractivity contribution in [2.45, 2.75) is 51.5 Å². The number of alkyl halides is 2. The van der Waals surface area contributed by atoms with Gasteiger partial charge in [-0.1, -0.05) is 5.21 Å². The molecule has 1 amide bonds. The van der Waals surface area contributed by atoms with Crippen molar-refractivity contribution in [3.8, 4) is 0 Å². The Morgan fingerprint density at radius 1 is 1.47 bits per heavy atom. The first kappa shape index (κ1) is 13.9. The van der Waals surface area contributed by atoms with Gasteiger partial charge in [-0.05, 0) is 32.1 Å². The first-order valence-corrected chi connectivity index (χ1v) is 6.53. The van der Waals surface area contributed by atoms with Gasteiger partial charge in [-0.3, -0.25) is 4.79 Å². The molecular weight excluding hydrogens is 254 g/mol. The van der Waals surface area contributed by atoms with E-state index in [9.17, 15) is 13.6 Å². The van der Waals surface area contributed by atoms with Crippen molar-refractivity contribution in [1.29, 1.82) is 0 Å². The van der Waals surface area contributed by atoms with Crippen LogP contribution in [0.1, 0.15) is 48.8 Å². The van der Waals surface area contributed by atoms with Crippen LogP contribution < -0.4 is 5.73 Å². The van der Waals surface area contributed by atoms with Crippen molar-refractivity contribution >= 4 is 5.91 Å². The number of aryl methyl sites for hydroxylation is 1. The average Bonchev–Trinajstić information content (AvgIpc) is 2.75. The fraction of sp³-hybridized carbons (Fsp3) is 0.750. The third kappa shape index (κ3) is 3.08. The van der Waals surface area contributed by atoms with Crippen molar-refractivity contribution in [1.82, 2.24) is 15.0 Å². The topological polar surface area (TPSA) is 73.8 Å². The number of rotatable bonds is 4. The van der Waals surface area contributed by atoms with E-state index in [2.05, 4.69) is 10.3 Å². The van der Waals surface area contributed by atoms with Crippen molar-refractivity contribution in [3.63, 3.8) is 0 Å². The Hall–Kier alpha value is -1.53. The second-order valence-electron chi connectivity index (χ2n) is 5.07. The molecule has 0 bridgehead atoms. The molecule has 0 aromatic carbocycles. The van der Waals surface area contributed by atoms with Crippen LogP contribution in [0.25, 0.3) is 0 Å².